The summed E-state index contributed by atoms with van der Waals surface area (Å²) in [5, 5.41) is 6.73. The minimum Gasteiger partial charge on any atom is -0.347 e. The van der Waals surface area contributed by atoms with Gasteiger partial charge in [-0.1, -0.05) is 11.6 Å². The molecule has 0 aromatic carbocycles. The van der Waals surface area contributed by atoms with E-state index in [1.807, 2.05) is 0 Å². The fourth-order valence-corrected chi connectivity index (χ4v) is 1.86. The molecule has 1 aromatic heterocycles. The maximum Gasteiger partial charge on any atom is 0.270 e. The summed E-state index contributed by atoms with van der Waals surface area (Å²) in [6.45, 7) is 1.87. The van der Waals surface area contributed by atoms with Gasteiger partial charge in [0, 0.05) is 18.8 Å². The van der Waals surface area contributed by atoms with Gasteiger partial charge in [-0.3, -0.25) is 4.79 Å². The maximum atomic E-state index is 11.8. The quantitative estimate of drug-likeness (QED) is 0.879. The van der Waals surface area contributed by atoms with Crippen molar-refractivity contribution in [1.82, 2.24) is 15.6 Å². The van der Waals surface area contributed by atoms with Crippen LogP contribution in [0.5, 0.6) is 0 Å². The second-order valence-corrected chi connectivity index (χ2v) is 4.31. The van der Waals surface area contributed by atoms with E-state index in [0.717, 1.165) is 25.9 Å². The number of halogens is 3. The first-order chi connectivity index (χ1) is 7.75. The Bertz CT molecular complexity index is 366. The fourth-order valence-electron chi connectivity index (χ4n) is 1.74. The van der Waals surface area contributed by atoms with Crippen molar-refractivity contribution in [3.05, 3.63) is 29.0 Å². The first-order valence-corrected chi connectivity index (χ1v) is 5.76. The standard InChI is InChI=1S/C11H14ClN3O.2ClH/c12-8-3-4-10(14-6-8)11(16)15-9-2-1-5-13-7-9;;/h3-4,6,9,13H,1-2,5,7H2,(H,15,16);2*1H/t9-;;/m1../s1. The molecule has 102 valence electrons. The van der Waals surface area contributed by atoms with Gasteiger partial charge in [0.25, 0.3) is 5.91 Å². The Labute approximate surface area is 124 Å². The summed E-state index contributed by atoms with van der Waals surface area (Å²) in [7, 11) is 0. The van der Waals surface area contributed by atoms with Gasteiger partial charge < -0.3 is 10.6 Å². The zero-order valence-electron chi connectivity index (χ0n) is 9.69. The molecule has 1 fully saturated rings. The number of nitrogens with zero attached hydrogens (tertiary/aromatic N) is 1. The van der Waals surface area contributed by atoms with Gasteiger partial charge in [-0.15, -0.1) is 24.8 Å². The molecule has 2 heterocycles. The van der Waals surface area contributed by atoms with Crippen LogP contribution in [-0.2, 0) is 0 Å². The van der Waals surface area contributed by atoms with Crippen LogP contribution in [0, 0.1) is 0 Å². The third-order valence-electron chi connectivity index (χ3n) is 2.59. The molecule has 0 spiro atoms. The lowest BCUT2D eigenvalue weighted by atomic mass is 10.1. The zero-order chi connectivity index (χ0) is 11.4. The normalized spacial score (nSPS) is 18.2. The minimum absolute atomic E-state index is 0. The van der Waals surface area contributed by atoms with Crippen LogP contribution in [0.15, 0.2) is 18.3 Å². The Balaban J connectivity index is 0.00000144. The Morgan fingerprint density at radius 2 is 2.22 bits per heavy atom. The molecule has 4 nitrogen and oxygen atoms in total. The Kier molecular flexibility index (Phi) is 8.27. The Hall–Kier alpha value is -0.550. The Morgan fingerprint density at radius 1 is 1.44 bits per heavy atom. The highest BCUT2D eigenvalue weighted by Gasteiger charge is 2.16. The monoisotopic (exact) mass is 311 g/mol. The summed E-state index contributed by atoms with van der Waals surface area (Å²) < 4.78 is 0. The van der Waals surface area contributed by atoms with E-state index in [4.69, 9.17) is 11.6 Å². The highest BCUT2D eigenvalue weighted by Crippen LogP contribution is 2.07. The molecule has 1 amide bonds. The van der Waals surface area contributed by atoms with Gasteiger partial charge in [-0.05, 0) is 31.5 Å². The van der Waals surface area contributed by atoms with Crippen LogP contribution < -0.4 is 10.6 Å². The SMILES string of the molecule is Cl.Cl.O=C(N[C@@H]1CCCNC1)c1ccc(Cl)cn1. The molecule has 7 heteroatoms. The molecule has 1 aromatic rings. The molecule has 1 atom stereocenters. The topological polar surface area (TPSA) is 54.0 Å². The molecule has 2 N–H and O–H groups in total. The minimum atomic E-state index is -0.134. The van der Waals surface area contributed by atoms with Crippen molar-refractivity contribution < 1.29 is 4.79 Å². The summed E-state index contributed by atoms with van der Waals surface area (Å²) in [6.07, 6.45) is 3.60. The summed E-state index contributed by atoms with van der Waals surface area (Å²) in [6, 6.07) is 3.51. The lowest BCUT2D eigenvalue weighted by molar-refractivity contribution is 0.0925. The number of rotatable bonds is 2. The van der Waals surface area contributed by atoms with Crippen molar-refractivity contribution >= 4 is 42.3 Å². The first kappa shape index (κ1) is 17.4. The number of nitrogens with one attached hydrogen (secondary N) is 2. The van der Waals surface area contributed by atoms with E-state index in [2.05, 4.69) is 15.6 Å². The van der Waals surface area contributed by atoms with Crippen molar-refractivity contribution in [3.63, 3.8) is 0 Å². The van der Waals surface area contributed by atoms with E-state index >= 15 is 0 Å². The molecule has 0 unspecified atom stereocenters. The van der Waals surface area contributed by atoms with Gasteiger partial charge in [0.1, 0.15) is 5.69 Å². The molecule has 1 aliphatic rings. The average Bonchev–Trinajstić information content (AvgIpc) is 2.31. The lowest BCUT2D eigenvalue weighted by Gasteiger charge is -2.23. The van der Waals surface area contributed by atoms with Gasteiger partial charge in [-0.2, -0.15) is 0 Å². The van der Waals surface area contributed by atoms with Gasteiger partial charge in [0.05, 0.1) is 5.02 Å². The molecule has 0 radical (unpaired) electrons. The number of carbonyl (C=O) groups excluding carboxylic acids is 1. The first-order valence-electron chi connectivity index (χ1n) is 5.39. The largest absolute Gasteiger partial charge is 0.347 e. The van der Waals surface area contributed by atoms with E-state index in [0.29, 0.717) is 10.7 Å². The summed E-state index contributed by atoms with van der Waals surface area (Å²) in [4.78, 5) is 15.8. The van der Waals surface area contributed by atoms with Crippen molar-refractivity contribution in [2.24, 2.45) is 0 Å². The van der Waals surface area contributed by atoms with Crippen molar-refractivity contribution in [3.8, 4) is 0 Å². The highest BCUT2D eigenvalue weighted by molar-refractivity contribution is 6.30. The second kappa shape index (κ2) is 8.53. The van der Waals surface area contributed by atoms with Crippen LogP contribution in [0.25, 0.3) is 0 Å². The predicted octanol–water partition coefficient (Wildman–Crippen LogP) is 2.06. The third kappa shape index (κ3) is 4.98. The molecule has 0 saturated carbocycles. The molecule has 1 aliphatic heterocycles. The molecular formula is C11H16Cl3N3O. The summed E-state index contributed by atoms with van der Waals surface area (Å²) >= 11 is 5.70. The molecular weight excluding hydrogens is 296 g/mol. The fraction of sp³-hybridized carbons (Fsp3) is 0.455. The number of piperidine rings is 1. The van der Waals surface area contributed by atoms with E-state index in [9.17, 15) is 4.79 Å². The second-order valence-electron chi connectivity index (χ2n) is 3.88. The average molecular weight is 313 g/mol. The Morgan fingerprint density at radius 3 is 2.78 bits per heavy atom. The third-order valence-corrected chi connectivity index (χ3v) is 2.82. The van der Waals surface area contributed by atoms with Gasteiger partial charge in [0.2, 0.25) is 0 Å². The van der Waals surface area contributed by atoms with E-state index in [-0.39, 0.29) is 36.8 Å². The number of pyridine rings is 1. The van der Waals surface area contributed by atoms with Crippen LogP contribution in [-0.4, -0.2) is 30.0 Å². The van der Waals surface area contributed by atoms with E-state index < -0.39 is 0 Å². The van der Waals surface area contributed by atoms with Crippen LogP contribution >= 0.6 is 36.4 Å². The summed E-state index contributed by atoms with van der Waals surface area (Å²) in [5.74, 6) is -0.134. The summed E-state index contributed by atoms with van der Waals surface area (Å²) in [5.41, 5.74) is 0.412. The lowest BCUT2D eigenvalue weighted by Crippen LogP contribution is -2.45. The maximum absolute atomic E-state index is 11.8. The number of carbonyl (C=O) groups is 1. The number of hydrogen-bond donors (Lipinski definition) is 2. The molecule has 2 rings (SSSR count). The van der Waals surface area contributed by atoms with Gasteiger partial charge >= 0.3 is 0 Å². The predicted molar refractivity (Wildman–Crippen MR) is 77.1 cm³/mol. The highest BCUT2D eigenvalue weighted by atomic mass is 35.5. The number of amides is 1. The van der Waals surface area contributed by atoms with E-state index in [1.165, 1.54) is 6.20 Å². The smallest absolute Gasteiger partial charge is 0.270 e. The number of hydrogen-bond acceptors (Lipinski definition) is 3. The van der Waals surface area contributed by atoms with Crippen LogP contribution in [0.3, 0.4) is 0 Å². The van der Waals surface area contributed by atoms with Crippen LogP contribution in [0.1, 0.15) is 23.3 Å². The number of aromatic nitrogens is 1. The van der Waals surface area contributed by atoms with Crippen molar-refractivity contribution in [2.75, 3.05) is 13.1 Å². The van der Waals surface area contributed by atoms with Crippen LogP contribution in [0.2, 0.25) is 5.02 Å². The van der Waals surface area contributed by atoms with Crippen molar-refractivity contribution in [1.29, 1.82) is 0 Å². The van der Waals surface area contributed by atoms with Gasteiger partial charge in [-0.25, -0.2) is 4.98 Å². The molecule has 18 heavy (non-hydrogen) atoms. The molecule has 0 bridgehead atoms. The van der Waals surface area contributed by atoms with E-state index in [1.54, 1.807) is 12.1 Å². The van der Waals surface area contributed by atoms with Crippen molar-refractivity contribution in [2.45, 2.75) is 18.9 Å². The van der Waals surface area contributed by atoms with Gasteiger partial charge in [0.15, 0.2) is 0 Å². The zero-order valence-corrected chi connectivity index (χ0v) is 12.1. The van der Waals surface area contributed by atoms with Crippen LogP contribution in [0.4, 0.5) is 0 Å². The molecule has 0 aliphatic carbocycles. The molecule has 1 saturated heterocycles.